The molecule has 0 bridgehead atoms. The predicted molar refractivity (Wildman–Crippen MR) is 129 cm³/mol. The van der Waals surface area contributed by atoms with Gasteiger partial charge < -0.3 is 31.2 Å². The van der Waals surface area contributed by atoms with Crippen molar-refractivity contribution in [1.29, 1.82) is 0 Å². The minimum Gasteiger partial charge on any atom is -0.458 e. The third kappa shape index (κ3) is 13.3. The van der Waals surface area contributed by atoms with Crippen LogP contribution in [0.4, 0.5) is 15.3 Å². The summed E-state index contributed by atoms with van der Waals surface area (Å²) in [6.07, 6.45) is 1.31. The molecule has 1 atom stereocenters. The van der Waals surface area contributed by atoms with Crippen molar-refractivity contribution < 1.29 is 28.7 Å². The van der Waals surface area contributed by atoms with Crippen LogP contribution in [0.15, 0.2) is 24.3 Å². The average Bonchev–Trinajstić information content (AvgIpc) is 2.70. The van der Waals surface area contributed by atoms with Crippen LogP contribution in [0.1, 0.15) is 65.9 Å². The zero-order chi connectivity index (χ0) is 25.7. The van der Waals surface area contributed by atoms with Crippen molar-refractivity contribution in [3.8, 4) is 0 Å². The number of urea groups is 1. The Hall–Kier alpha value is -3.30. The number of rotatable bonds is 12. The quantitative estimate of drug-likeness (QED) is 0.267. The molecule has 0 saturated carbocycles. The van der Waals surface area contributed by atoms with Gasteiger partial charge in [-0.3, -0.25) is 4.79 Å². The number of alkyl carbamates (subject to hydrolysis) is 1. The molecule has 1 rings (SSSR count). The molecule has 4 amide bonds. The van der Waals surface area contributed by atoms with E-state index in [0.717, 1.165) is 5.56 Å². The molecule has 0 unspecified atom stereocenters. The molecule has 10 heteroatoms. The second-order valence-corrected chi connectivity index (χ2v) is 9.43. The summed E-state index contributed by atoms with van der Waals surface area (Å²) in [5.41, 5.74) is 5.67. The predicted octanol–water partition coefficient (Wildman–Crippen LogP) is 3.45. The largest absolute Gasteiger partial charge is 0.458 e. The van der Waals surface area contributed by atoms with E-state index in [2.05, 4.69) is 16.0 Å². The first-order chi connectivity index (χ1) is 15.9. The highest BCUT2D eigenvalue weighted by atomic mass is 16.6. The lowest BCUT2D eigenvalue weighted by Crippen LogP contribution is -2.45. The van der Waals surface area contributed by atoms with E-state index in [4.69, 9.17) is 15.2 Å². The maximum absolute atomic E-state index is 12.4. The average molecular weight is 479 g/mol. The molecule has 0 aliphatic heterocycles. The maximum atomic E-state index is 12.4. The Morgan fingerprint density at radius 3 is 2.24 bits per heavy atom. The van der Waals surface area contributed by atoms with Crippen LogP contribution >= 0.6 is 0 Å². The molecule has 0 radical (unpaired) electrons. The van der Waals surface area contributed by atoms with Gasteiger partial charge in [0, 0.05) is 18.7 Å². The molecule has 0 saturated heterocycles. The molecule has 34 heavy (non-hydrogen) atoms. The number of esters is 1. The van der Waals surface area contributed by atoms with E-state index in [1.807, 2.05) is 13.8 Å². The Balaban J connectivity index is 2.47. The van der Waals surface area contributed by atoms with Crippen LogP contribution < -0.4 is 21.7 Å². The van der Waals surface area contributed by atoms with Gasteiger partial charge in [0.05, 0.1) is 0 Å². The normalized spacial score (nSPS) is 11.9. The third-order valence-corrected chi connectivity index (χ3v) is 4.43. The van der Waals surface area contributed by atoms with Crippen LogP contribution in [-0.4, -0.2) is 42.2 Å². The monoisotopic (exact) mass is 478 g/mol. The Morgan fingerprint density at radius 2 is 1.68 bits per heavy atom. The molecular weight excluding hydrogens is 440 g/mol. The number of unbranched alkanes of at least 4 members (excludes halogenated alkanes) is 1. The number of carbonyl (C=O) groups excluding carboxylic acids is 4. The van der Waals surface area contributed by atoms with Crippen LogP contribution in [0, 0.1) is 5.92 Å². The van der Waals surface area contributed by atoms with E-state index in [1.165, 1.54) is 0 Å². The molecule has 0 aliphatic carbocycles. The molecule has 0 aliphatic rings. The number of anilines is 1. The Bertz CT molecular complexity index is 818. The molecule has 0 heterocycles. The zero-order valence-electron chi connectivity index (χ0n) is 20.7. The third-order valence-electron chi connectivity index (χ3n) is 4.43. The van der Waals surface area contributed by atoms with E-state index in [-0.39, 0.29) is 18.4 Å². The maximum Gasteiger partial charge on any atom is 0.408 e. The Labute approximate surface area is 201 Å². The number of nitrogens with one attached hydrogen (secondary N) is 3. The Morgan fingerprint density at radius 1 is 1.03 bits per heavy atom. The number of carbonyl (C=O) groups is 4. The highest BCUT2D eigenvalue weighted by Gasteiger charge is 2.27. The van der Waals surface area contributed by atoms with Crippen LogP contribution in [0.3, 0.4) is 0 Å². The minimum atomic E-state index is -0.795. The van der Waals surface area contributed by atoms with Crippen molar-refractivity contribution in [3.63, 3.8) is 0 Å². The minimum absolute atomic E-state index is 0.00956. The van der Waals surface area contributed by atoms with E-state index in [0.29, 0.717) is 37.9 Å². The Kier molecular flexibility index (Phi) is 11.9. The van der Waals surface area contributed by atoms with Crippen molar-refractivity contribution >= 4 is 29.7 Å². The molecule has 0 fully saturated rings. The van der Waals surface area contributed by atoms with Crippen LogP contribution in [0.2, 0.25) is 0 Å². The molecule has 5 N–H and O–H groups in total. The molecule has 190 valence electrons. The van der Waals surface area contributed by atoms with Crippen LogP contribution in [-0.2, 0) is 25.7 Å². The summed E-state index contributed by atoms with van der Waals surface area (Å²) in [4.78, 5) is 47.2. The number of nitrogens with two attached hydrogens (primary N) is 1. The molecular formula is C24H38N4O6. The zero-order valence-corrected chi connectivity index (χ0v) is 20.7. The van der Waals surface area contributed by atoms with Crippen molar-refractivity contribution in [2.24, 2.45) is 11.7 Å². The van der Waals surface area contributed by atoms with Gasteiger partial charge in [-0.1, -0.05) is 26.0 Å². The summed E-state index contributed by atoms with van der Waals surface area (Å²) in [5, 5.41) is 7.85. The number of hydrogen-bond acceptors (Lipinski definition) is 6. The summed E-state index contributed by atoms with van der Waals surface area (Å²) in [5.74, 6) is -0.462. The number of benzene rings is 1. The number of hydrogen-bond donors (Lipinski definition) is 4. The van der Waals surface area contributed by atoms with Crippen molar-refractivity contribution in [2.45, 2.75) is 78.6 Å². The number of amides is 4. The summed E-state index contributed by atoms with van der Waals surface area (Å²) in [6, 6.07) is 5.52. The summed E-state index contributed by atoms with van der Waals surface area (Å²) < 4.78 is 10.6. The fourth-order valence-electron chi connectivity index (χ4n) is 2.92. The van der Waals surface area contributed by atoms with Gasteiger partial charge in [0.1, 0.15) is 18.2 Å². The summed E-state index contributed by atoms with van der Waals surface area (Å²) >= 11 is 0. The van der Waals surface area contributed by atoms with E-state index in [9.17, 15) is 19.2 Å². The standard InChI is InChI=1S/C24H38N4O6/c1-16(2)14-19(21(30)34-24(3,4)5)28-23(32)33-15-17-9-11-18(12-10-17)27-20(29)8-6-7-13-26-22(25)31/h9-12,16,19H,6-8,13-15H2,1-5H3,(H,27,29)(H,28,32)(H3,25,26,31)/t19-/m0/s1. The first-order valence-corrected chi connectivity index (χ1v) is 11.4. The van der Waals surface area contributed by atoms with E-state index >= 15 is 0 Å². The molecule has 10 nitrogen and oxygen atoms in total. The molecule has 0 aromatic heterocycles. The lowest BCUT2D eigenvalue weighted by molar-refractivity contribution is -0.157. The SMILES string of the molecule is CC(C)C[C@H](NC(=O)OCc1ccc(NC(=O)CCCCNC(N)=O)cc1)C(=O)OC(C)(C)C. The van der Waals surface area contributed by atoms with E-state index in [1.54, 1.807) is 45.0 Å². The lowest BCUT2D eigenvalue weighted by atomic mass is 10.0. The number of primary amides is 1. The highest BCUT2D eigenvalue weighted by molar-refractivity contribution is 5.90. The topological polar surface area (TPSA) is 149 Å². The van der Waals surface area contributed by atoms with Gasteiger partial charge in [-0.15, -0.1) is 0 Å². The van der Waals surface area contributed by atoms with Gasteiger partial charge in [0.25, 0.3) is 0 Å². The van der Waals surface area contributed by atoms with Crippen LogP contribution in [0.25, 0.3) is 0 Å². The fraction of sp³-hybridized carbons (Fsp3) is 0.583. The summed E-state index contributed by atoms with van der Waals surface area (Å²) in [6.45, 7) is 9.65. The molecule has 1 aromatic rings. The lowest BCUT2D eigenvalue weighted by Gasteiger charge is -2.25. The highest BCUT2D eigenvalue weighted by Crippen LogP contribution is 2.14. The van der Waals surface area contributed by atoms with Crippen LogP contribution in [0.5, 0.6) is 0 Å². The fourth-order valence-corrected chi connectivity index (χ4v) is 2.92. The second kappa shape index (κ2) is 14.1. The molecule has 1 aromatic carbocycles. The smallest absolute Gasteiger partial charge is 0.408 e. The van der Waals surface area contributed by atoms with Gasteiger partial charge in [-0.2, -0.15) is 0 Å². The van der Waals surface area contributed by atoms with Crippen molar-refractivity contribution in [3.05, 3.63) is 29.8 Å². The number of ether oxygens (including phenoxy) is 2. The van der Waals surface area contributed by atoms with Gasteiger partial charge in [-0.25, -0.2) is 14.4 Å². The van der Waals surface area contributed by atoms with Gasteiger partial charge in [0.15, 0.2) is 0 Å². The van der Waals surface area contributed by atoms with Crippen molar-refractivity contribution in [2.75, 3.05) is 11.9 Å². The molecule has 0 spiro atoms. The van der Waals surface area contributed by atoms with Crippen molar-refractivity contribution in [1.82, 2.24) is 10.6 Å². The first kappa shape index (κ1) is 28.7. The summed E-state index contributed by atoms with van der Waals surface area (Å²) in [7, 11) is 0. The van der Waals surface area contributed by atoms with Gasteiger partial charge >= 0.3 is 18.1 Å². The van der Waals surface area contributed by atoms with Gasteiger partial charge in [0.2, 0.25) is 5.91 Å². The van der Waals surface area contributed by atoms with E-state index < -0.39 is 29.7 Å². The first-order valence-electron chi connectivity index (χ1n) is 11.4. The second-order valence-electron chi connectivity index (χ2n) is 9.43. The van der Waals surface area contributed by atoms with Gasteiger partial charge in [-0.05, 0) is 63.6 Å².